The summed E-state index contributed by atoms with van der Waals surface area (Å²) in [4.78, 5) is 2.85. The van der Waals surface area contributed by atoms with Crippen molar-refractivity contribution >= 4 is 0 Å². The lowest BCUT2D eigenvalue weighted by Crippen LogP contribution is -2.59. The molecule has 0 spiro atoms. The van der Waals surface area contributed by atoms with Crippen LogP contribution in [0, 0.1) is 0 Å². The fourth-order valence-corrected chi connectivity index (χ4v) is 5.04. The third-order valence-corrected chi connectivity index (χ3v) is 5.98. The Morgan fingerprint density at radius 3 is 2.45 bits per heavy atom. The maximum absolute atomic E-state index is 3.75. The SMILES string of the molecule is CNC(C1=CCCCCC1)C1(N2CCCC2)CCCC1. The van der Waals surface area contributed by atoms with Gasteiger partial charge in [-0.1, -0.05) is 30.9 Å². The highest BCUT2D eigenvalue weighted by Crippen LogP contribution is 2.43. The summed E-state index contributed by atoms with van der Waals surface area (Å²) < 4.78 is 0. The molecule has 1 N–H and O–H groups in total. The molecule has 1 heterocycles. The predicted molar refractivity (Wildman–Crippen MR) is 86.0 cm³/mol. The Balaban J connectivity index is 1.85. The van der Waals surface area contributed by atoms with E-state index in [-0.39, 0.29) is 0 Å². The molecule has 114 valence electrons. The average molecular weight is 276 g/mol. The van der Waals surface area contributed by atoms with Crippen LogP contribution in [-0.2, 0) is 0 Å². The summed E-state index contributed by atoms with van der Waals surface area (Å²) in [5.74, 6) is 0. The van der Waals surface area contributed by atoms with Gasteiger partial charge in [0.1, 0.15) is 0 Å². The van der Waals surface area contributed by atoms with Crippen LogP contribution >= 0.6 is 0 Å². The molecule has 2 aliphatic carbocycles. The minimum atomic E-state index is 0.446. The van der Waals surface area contributed by atoms with Crippen LogP contribution in [0.3, 0.4) is 0 Å². The summed E-state index contributed by atoms with van der Waals surface area (Å²) in [7, 11) is 2.20. The van der Waals surface area contributed by atoms with Gasteiger partial charge in [0.25, 0.3) is 0 Å². The van der Waals surface area contributed by atoms with E-state index in [1.54, 1.807) is 5.57 Å². The lowest BCUT2D eigenvalue weighted by molar-refractivity contribution is 0.0916. The van der Waals surface area contributed by atoms with Crippen LogP contribution in [0.25, 0.3) is 0 Å². The van der Waals surface area contributed by atoms with Crippen LogP contribution in [0.15, 0.2) is 11.6 Å². The van der Waals surface area contributed by atoms with Gasteiger partial charge in [0.2, 0.25) is 0 Å². The molecule has 3 rings (SSSR count). The molecular weight excluding hydrogens is 244 g/mol. The zero-order valence-electron chi connectivity index (χ0n) is 13.3. The number of hydrogen-bond acceptors (Lipinski definition) is 2. The van der Waals surface area contributed by atoms with Crippen molar-refractivity contribution in [2.24, 2.45) is 0 Å². The van der Waals surface area contributed by atoms with Crippen LogP contribution in [0.2, 0.25) is 0 Å². The minimum Gasteiger partial charge on any atom is -0.312 e. The van der Waals surface area contributed by atoms with Crippen molar-refractivity contribution in [1.29, 1.82) is 0 Å². The summed E-state index contributed by atoms with van der Waals surface area (Å²) in [6, 6.07) is 0.612. The predicted octanol–water partition coefficient (Wildman–Crippen LogP) is 3.87. The Labute approximate surface area is 125 Å². The molecule has 0 aromatic rings. The van der Waals surface area contributed by atoms with Gasteiger partial charge >= 0.3 is 0 Å². The van der Waals surface area contributed by atoms with Gasteiger partial charge in [0.05, 0.1) is 0 Å². The molecule has 0 amide bonds. The Morgan fingerprint density at radius 2 is 1.75 bits per heavy atom. The molecule has 2 nitrogen and oxygen atoms in total. The molecule has 0 aromatic carbocycles. The number of hydrogen-bond donors (Lipinski definition) is 1. The first kappa shape index (κ1) is 14.6. The van der Waals surface area contributed by atoms with Crippen molar-refractivity contribution in [3.8, 4) is 0 Å². The molecule has 2 heteroatoms. The highest BCUT2D eigenvalue weighted by Gasteiger charge is 2.47. The number of nitrogens with one attached hydrogen (secondary N) is 1. The van der Waals surface area contributed by atoms with E-state index in [1.165, 1.54) is 83.7 Å². The zero-order chi connectivity index (χ0) is 13.8. The molecule has 1 saturated heterocycles. The molecule has 20 heavy (non-hydrogen) atoms. The summed E-state index contributed by atoms with van der Waals surface area (Å²) in [5, 5.41) is 3.75. The third kappa shape index (κ3) is 2.69. The van der Waals surface area contributed by atoms with Gasteiger partial charge in [-0.05, 0) is 71.5 Å². The molecule has 1 saturated carbocycles. The van der Waals surface area contributed by atoms with Crippen molar-refractivity contribution in [2.45, 2.75) is 82.2 Å². The van der Waals surface area contributed by atoms with Crippen molar-refractivity contribution in [1.82, 2.24) is 10.2 Å². The Hall–Kier alpha value is -0.340. The minimum absolute atomic E-state index is 0.446. The standard InChI is InChI=1S/C18H32N2/c1-19-17(16-10-4-2-3-5-11-16)18(12-6-7-13-18)20-14-8-9-15-20/h10,17,19H,2-9,11-15H2,1H3. The van der Waals surface area contributed by atoms with E-state index in [9.17, 15) is 0 Å². The Bertz CT molecular complexity index is 335. The Kier molecular flexibility index (Phi) is 4.83. The lowest BCUT2D eigenvalue weighted by Gasteiger charge is -2.46. The highest BCUT2D eigenvalue weighted by atomic mass is 15.2. The maximum atomic E-state index is 3.75. The second-order valence-electron chi connectivity index (χ2n) is 7.10. The van der Waals surface area contributed by atoms with Crippen molar-refractivity contribution in [3.05, 3.63) is 11.6 Å². The molecule has 0 aromatic heterocycles. The third-order valence-electron chi connectivity index (χ3n) is 5.98. The van der Waals surface area contributed by atoms with E-state index in [2.05, 4.69) is 23.3 Å². The van der Waals surface area contributed by atoms with E-state index >= 15 is 0 Å². The summed E-state index contributed by atoms with van der Waals surface area (Å²) in [5.41, 5.74) is 2.18. The number of allylic oxidation sites excluding steroid dienone is 1. The van der Waals surface area contributed by atoms with E-state index in [0.717, 1.165) is 0 Å². The fraction of sp³-hybridized carbons (Fsp3) is 0.889. The van der Waals surface area contributed by atoms with Crippen LogP contribution < -0.4 is 5.32 Å². The van der Waals surface area contributed by atoms with Gasteiger partial charge in [-0.3, -0.25) is 4.90 Å². The smallest absolute Gasteiger partial charge is 0.0464 e. The van der Waals surface area contributed by atoms with Gasteiger partial charge in [0, 0.05) is 11.6 Å². The number of likely N-dealkylation sites (N-methyl/N-ethyl adjacent to an activating group) is 1. The highest BCUT2D eigenvalue weighted by molar-refractivity contribution is 5.22. The summed E-state index contributed by atoms with van der Waals surface area (Å²) in [6.07, 6.45) is 18.0. The molecule has 3 aliphatic rings. The largest absolute Gasteiger partial charge is 0.312 e. The zero-order valence-corrected chi connectivity index (χ0v) is 13.3. The second-order valence-corrected chi connectivity index (χ2v) is 7.10. The van der Waals surface area contributed by atoms with E-state index in [4.69, 9.17) is 0 Å². The first-order valence-corrected chi connectivity index (χ1v) is 8.98. The van der Waals surface area contributed by atoms with Crippen molar-refractivity contribution in [3.63, 3.8) is 0 Å². The van der Waals surface area contributed by atoms with Crippen LogP contribution in [-0.4, -0.2) is 36.6 Å². The molecule has 1 atom stereocenters. The number of nitrogens with zero attached hydrogens (tertiary/aromatic N) is 1. The van der Waals surface area contributed by atoms with Gasteiger partial charge in [0.15, 0.2) is 0 Å². The Morgan fingerprint density at radius 1 is 1.00 bits per heavy atom. The van der Waals surface area contributed by atoms with Crippen molar-refractivity contribution in [2.75, 3.05) is 20.1 Å². The van der Waals surface area contributed by atoms with E-state index < -0.39 is 0 Å². The summed E-state index contributed by atoms with van der Waals surface area (Å²) in [6.45, 7) is 2.68. The molecule has 0 bridgehead atoms. The van der Waals surface area contributed by atoms with Crippen molar-refractivity contribution < 1.29 is 0 Å². The number of likely N-dealkylation sites (tertiary alicyclic amines) is 1. The van der Waals surface area contributed by atoms with Gasteiger partial charge in [-0.25, -0.2) is 0 Å². The molecule has 0 radical (unpaired) electrons. The normalized spacial score (nSPS) is 29.1. The van der Waals surface area contributed by atoms with Crippen LogP contribution in [0.1, 0.15) is 70.6 Å². The quantitative estimate of drug-likeness (QED) is 0.784. The van der Waals surface area contributed by atoms with E-state index in [0.29, 0.717) is 11.6 Å². The lowest BCUT2D eigenvalue weighted by atomic mass is 9.80. The maximum Gasteiger partial charge on any atom is 0.0464 e. The topological polar surface area (TPSA) is 15.3 Å². The summed E-state index contributed by atoms with van der Waals surface area (Å²) >= 11 is 0. The van der Waals surface area contributed by atoms with E-state index in [1.807, 2.05) is 0 Å². The fourth-order valence-electron chi connectivity index (χ4n) is 5.04. The second kappa shape index (κ2) is 6.62. The average Bonchev–Trinajstić information content (AvgIpc) is 3.09. The van der Waals surface area contributed by atoms with Gasteiger partial charge in [-0.2, -0.15) is 0 Å². The first-order valence-electron chi connectivity index (χ1n) is 8.98. The van der Waals surface area contributed by atoms with Crippen LogP contribution in [0.4, 0.5) is 0 Å². The van der Waals surface area contributed by atoms with Gasteiger partial charge < -0.3 is 5.32 Å². The van der Waals surface area contributed by atoms with Crippen LogP contribution in [0.5, 0.6) is 0 Å². The molecular formula is C18H32N2. The van der Waals surface area contributed by atoms with Gasteiger partial charge in [-0.15, -0.1) is 0 Å². The first-order chi connectivity index (χ1) is 9.87. The molecule has 1 aliphatic heterocycles. The number of rotatable bonds is 4. The molecule has 1 unspecified atom stereocenters. The molecule has 2 fully saturated rings. The monoisotopic (exact) mass is 276 g/mol.